The summed E-state index contributed by atoms with van der Waals surface area (Å²) in [6, 6.07) is 16.7. The van der Waals surface area contributed by atoms with Crippen molar-refractivity contribution in [2.45, 2.75) is 32.3 Å². The Bertz CT molecular complexity index is 907. The molecule has 7 heteroatoms. The number of amides is 2. The van der Waals surface area contributed by atoms with Crippen molar-refractivity contribution in [3.8, 4) is 5.75 Å². The van der Waals surface area contributed by atoms with E-state index in [1.807, 2.05) is 18.2 Å². The lowest BCUT2D eigenvalue weighted by Gasteiger charge is -2.33. The second-order valence-electron chi connectivity index (χ2n) is 7.74. The zero-order valence-electron chi connectivity index (χ0n) is 17.7. The van der Waals surface area contributed by atoms with Crippen molar-refractivity contribution in [2.75, 3.05) is 19.7 Å². The first-order chi connectivity index (χ1) is 14.9. The van der Waals surface area contributed by atoms with Crippen LogP contribution in [0.25, 0.3) is 0 Å². The van der Waals surface area contributed by atoms with E-state index in [1.54, 1.807) is 30.0 Å². The molecule has 2 aromatic rings. The fourth-order valence-corrected chi connectivity index (χ4v) is 3.78. The van der Waals surface area contributed by atoms with Gasteiger partial charge in [0.2, 0.25) is 0 Å². The molecule has 1 aliphatic rings. The molecule has 0 unspecified atom stereocenters. The lowest BCUT2D eigenvalue weighted by atomic mass is 9.90. The molecule has 7 nitrogen and oxygen atoms in total. The van der Waals surface area contributed by atoms with Gasteiger partial charge in [-0.1, -0.05) is 42.5 Å². The molecule has 31 heavy (non-hydrogen) atoms. The van der Waals surface area contributed by atoms with Crippen LogP contribution in [0.5, 0.6) is 5.75 Å². The van der Waals surface area contributed by atoms with Crippen molar-refractivity contribution in [3.05, 3.63) is 65.7 Å². The highest BCUT2D eigenvalue weighted by Gasteiger charge is 2.28. The first-order valence-corrected chi connectivity index (χ1v) is 10.5. The molecule has 0 bridgehead atoms. The Balaban J connectivity index is 1.43. The number of carbonyl (C=O) groups is 3. The van der Waals surface area contributed by atoms with Crippen LogP contribution in [0, 0.1) is 5.92 Å². The van der Waals surface area contributed by atoms with Crippen LogP contribution in [0.2, 0.25) is 0 Å². The number of carbonyl (C=O) groups excluding carboxylic acids is 3. The van der Waals surface area contributed by atoms with Crippen LogP contribution in [0.3, 0.4) is 0 Å². The lowest BCUT2D eigenvalue weighted by molar-refractivity contribution is -0.161. The topological polar surface area (TPSA) is 98.9 Å². The molecule has 164 valence electrons. The van der Waals surface area contributed by atoms with Gasteiger partial charge in [-0.05, 0) is 49.8 Å². The summed E-state index contributed by atoms with van der Waals surface area (Å²) in [7, 11) is 0. The summed E-state index contributed by atoms with van der Waals surface area (Å²) in [5.74, 6) is -0.791. The highest BCUT2D eigenvalue weighted by atomic mass is 16.6. The summed E-state index contributed by atoms with van der Waals surface area (Å²) in [4.78, 5) is 37.9. The second-order valence-corrected chi connectivity index (χ2v) is 7.74. The average Bonchev–Trinajstić information content (AvgIpc) is 2.78. The molecular weight excluding hydrogens is 396 g/mol. The van der Waals surface area contributed by atoms with Gasteiger partial charge in [-0.3, -0.25) is 9.59 Å². The first-order valence-electron chi connectivity index (χ1n) is 10.5. The fourth-order valence-electron chi connectivity index (χ4n) is 3.78. The molecule has 1 atom stereocenters. The number of nitrogens with zero attached hydrogens (tertiary/aromatic N) is 1. The predicted octanol–water partition coefficient (Wildman–Crippen LogP) is 2.58. The van der Waals surface area contributed by atoms with Gasteiger partial charge in [-0.2, -0.15) is 0 Å². The molecule has 0 radical (unpaired) electrons. The van der Waals surface area contributed by atoms with E-state index in [0.29, 0.717) is 19.0 Å². The third-order valence-corrected chi connectivity index (χ3v) is 5.45. The van der Waals surface area contributed by atoms with Gasteiger partial charge in [0, 0.05) is 13.1 Å². The van der Waals surface area contributed by atoms with Gasteiger partial charge in [0.05, 0.1) is 5.56 Å². The lowest BCUT2D eigenvalue weighted by Crippen LogP contribution is -2.44. The first kappa shape index (κ1) is 22.3. The number of nitrogens with two attached hydrogens (primary N) is 1. The molecule has 2 amide bonds. The van der Waals surface area contributed by atoms with Crippen molar-refractivity contribution in [3.63, 3.8) is 0 Å². The van der Waals surface area contributed by atoms with E-state index in [2.05, 4.69) is 12.1 Å². The van der Waals surface area contributed by atoms with E-state index in [-0.39, 0.29) is 17.2 Å². The Morgan fingerprint density at radius 3 is 2.35 bits per heavy atom. The molecule has 2 aromatic carbocycles. The van der Waals surface area contributed by atoms with Crippen molar-refractivity contribution >= 4 is 17.8 Å². The van der Waals surface area contributed by atoms with Gasteiger partial charge in [0.1, 0.15) is 5.75 Å². The van der Waals surface area contributed by atoms with Gasteiger partial charge >= 0.3 is 5.97 Å². The minimum Gasteiger partial charge on any atom is -0.481 e. The maximum atomic E-state index is 12.7. The number of piperidine rings is 1. The third kappa shape index (κ3) is 6.31. The number of hydrogen-bond acceptors (Lipinski definition) is 5. The Kier molecular flexibility index (Phi) is 7.65. The van der Waals surface area contributed by atoms with Gasteiger partial charge in [0.15, 0.2) is 12.7 Å². The highest BCUT2D eigenvalue weighted by molar-refractivity contribution is 5.95. The number of likely N-dealkylation sites (tertiary alicyclic amines) is 1. The maximum Gasteiger partial charge on any atom is 0.344 e. The summed E-state index contributed by atoms with van der Waals surface area (Å²) < 4.78 is 10.6. The van der Waals surface area contributed by atoms with E-state index >= 15 is 0 Å². The number of primary amides is 1. The number of hydrogen-bond donors (Lipinski definition) is 1. The van der Waals surface area contributed by atoms with E-state index in [9.17, 15) is 14.4 Å². The average molecular weight is 424 g/mol. The normalized spacial score (nSPS) is 15.2. The van der Waals surface area contributed by atoms with Crippen LogP contribution in [0.15, 0.2) is 54.6 Å². The number of rotatable bonds is 8. The summed E-state index contributed by atoms with van der Waals surface area (Å²) in [5.41, 5.74) is 6.78. The Morgan fingerprint density at radius 1 is 1.03 bits per heavy atom. The smallest absolute Gasteiger partial charge is 0.344 e. The van der Waals surface area contributed by atoms with Crippen LogP contribution in [-0.4, -0.2) is 48.5 Å². The summed E-state index contributed by atoms with van der Waals surface area (Å²) in [5, 5.41) is 0. The van der Waals surface area contributed by atoms with Gasteiger partial charge < -0.3 is 20.1 Å². The summed E-state index contributed by atoms with van der Waals surface area (Å²) >= 11 is 0. The minimum atomic E-state index is -0.895. The predicted molar refractivity (Wildman–Crippen MR) is 115 cm³/mol. The van der Waals surface area contributed by atoms with Crippen LogP contribution in [-0.2, 0) is 20.7 Å². The molecule has 0 aliphatic carbocycles. The van der Waals surface area contributed by atoms with Crippen LogP contribution in [0.1, 0.15) is 35.7 Å². The van der Waals surface area contributed by atoms with E-state index in [0.717, 1.165) is 19.3 Å². The third-order valence-electron chi connectivity index (χ3n) is 5.45. The van der Waals surface area contributed by atoms with Crippen molar-refractivity contribution < 1.29 is 23.9 Å². The van der Waals surface area contributed by atoms with E-state index < -0.39 is 24.6 Å². The highest BCUT2D eigenvalue weighted by Crippen LogP contribution is 2.22. The van der Waals surface area contributed by atoms with Gasteiger partial charge in [-0.25, -0.2) is 4.79 Å². The molecule has 3 rings (SSSR count). The molecule has 1 fully saturated rings. The SMILES string of the molecule is C[C@H](OC(=O)COc1ccccc1C(N)=O)C(=O)N1CCC(Cc2ccccc2)CC1. The van der Waals surface area contributed by atoms with Crippen LogP contribution in [0.4, 0.5) is 0 Å². The Labute approximate surface area is 182 Å². The quantitative estimate of drug-likeness (QED) is 0.657. The molecule has 1 aliphatic heterocycles. The van der Waals surface area contributed by atoms with Crippen LogP contribution >= 0.6 is 0 Å². The van der Waals surface area contributed by atoms with Crippen molar-refractivity contribution in [1.82, 2.24) is 4.90 Å². The minimum absolute atomic E-state index is 0.179. The Hall–Kier alpha value is -3.35. The Morgan fingerprint density at radius 2 is 1.68 bits per heavy atom. The number of esters is 1. The molecule has 0 aromatic heterocycles. The largest absolute Gasteiger partial charge is 0.481 e. The fraction of sp³-hybridized carbons (Fsp3) is 0.375. The molecule has 0 spiro atoms. The summed E-state index contributed by atoms with van der Waals surface area (Å²) in [6.45, 7) is 2.45. The van der Waals surface area contributed by atoms with Gasteiger partial charge in [-0.15, -0.1) is 0 Å². The zero-order chi connectivity index (χ0) is 22.2. The van der Waals surface area contributed by atoms with Crippen molar-refractivity contribution in [1.29, 1.82) is 0 Å². The monoisotopic (exact) mass is 424 g/mol. The van der Waals surface area contributed by atoms with E-state index in [4.69, 9.17) is 15.2 Å². The van der Waals surface area contributed by atoms with Crippen LogP contribution < -0.4 is 10.5 Å². The number of ether oxygens (including phenoxy) is 2. The zero-order valence-corrected chi connectivity index (χ0v) is 17.7. The summed E-state index contributed by atoms with van der Waals surface area (Å²) in [6.07, 6.45) is 1.97. The molecule has 0 saturated carbocycles. The van der Waals surface area contributed by atoms with Crippen molar-refractivity contribution in [2.24, 2.45) is 11.7 Å². The molecule has 2 N–H and O–H groups in total. The molecule has 1 saturated heterocycles. The molecule has 1 heterocycles. The van der Waals surface area contributed by atoms with E-state index in [1.165, 1.54) is 11.6 Å². The molecular formula is C24H28N2O5. The number of para-hydroxylation sites is 1. The maximum absolute atomic E-state index is 12.7. The second kappa shape index (κ2) is 10.6. The number of benzene rings is 2. The van der Waals surface area contributed by atoms with Gasteiger partial charge in [0.25, 0.3) is 11.8 Å². The standard InChI is InChI=1S/C24H28N2O5/c1-17(31-22(27)16-30-21-10-6-5-9-20(21)23(25)28)24(29)26-13-11-19(12-14-26)15-18-7-3-2-4-8-18/h2-10,17,19H,11-16H2,1H3,(H2,25,28)/t17-/m0/s1.